The van der Waals surface area contributed by atoms with Gasteiger partial charge >= 0.3 is 11.9 Å². The molecule has 42 heavy (non-hydrogen) atoms. The third-order valence-corrected chi connectivity index (χ3v) is 7.62. The molecule has 0 saturated heterocycles. The first-order valence-corrected chi connectivity index (χ1v) is 13.7. The molecule has 0 saturated carbocycles. The minimum absolute atomic E-state index is 0.0319. The average molecular weight is 568 g/mol. The quantitative estimate of drug-likeness (QED) is 0.272. The lowest BCUT2D eigenvalue weighted by Crippen LogP contribution is -2.36. The molecule has 1 aliphatic heterocycles. The smallest absolute Gasteiger partial charge is 0.337 e. The van der Waals surface area contributed by atoms with Crippen LogP contribution in [0.15, 0.2) is 95.3 Å². The number of carbonyl (C=O) groups is 3. The number of hydrogen-bond donors (Lipinski definition) is 1. The zero-order chi connectivity index (χ0) is 29.8. The summed E-state index contributed by atoms with van der Waals surface area (Å²) in [6, 6.07) is 22.3. The number of esters is 2. The fourth-order valence-electron chi connectivity index (χ4n) is 5.66. The maximum absolute atomic E-state index is 13.9. The van der Waals surface area contributed by atoms with Crippen molar-refractivity contribution in [2.45, 2.75) is 45.1 Å². The van der Waals surface area contributed by atoms with E-state index in [1.165, 1.54) is 14.0 Å². The molecule has 0 fully saturated rings. The van der Waals surface area contributed by atoms with Crippen molar-refractivity contribution in [3.63, 3.8) is 0 Å². The van der Waals surface area contributed by atoms with Crippen molar-refractivity contribution in [2.75, 3.05) is 14.2 Å². The molecule has 0 bridgehead atoms. The fourth-order valence-corrected chi connectivity index (χ4v) is 5.66. The summed E-state index contributed by atoms with van der Waals surface area (Å²) in [7, 11) is 3.09. The molecule has 0 amide bonds. The van der Waals surface area contributed by atoms with Crippen molar-refractivity contribution in [2.24, 2.45) is 0 Å². The normalized spacial score (nSPS) is 18.1. The second-order valence-corrected chi connectivity index (χ2v) is 10.4. The van der Waals surface area contributed by atoms with Crippen LogP contribution in [0.25, 0.3) is 0 Å². The number of rotatable bonds is 8. The molecule has 2 aliphatic rings. The number of methoxy groups -OCH3 is 2. The summed E-state index contributed by atoms with van der Waals surface area (Å²) in [6.07, 6.45) is 0.883. The van der Waals surface area contributed by atoms with Gasteiger partial charge < -0.3 is 24.3 Å². The maximum Gasteiger partial charge on any atom is 0.337 e. The Bertz CT molecular complexity index is 1570. The van der Waals surface area contributed by atoms with Crippen molar-refractivity contribution in [3.8, 4) is 17.2 Å². The standard InChI is InChI=1S/C34H33NO7/c1-20-31(34(38)41-19-22-8-6-5-7-9-22)32(24-12-15-29(42-21(2)36)30(18-24)40-4)33-27(35-20)16-25(17-28(33)37)23-10-13-26(39-3)14-11-23/h5-15,18,25,32,35H,16-17,19H2,1-4H3/t25-,32+/m0/s1. The largest absolute Gasteiger partial charge is 0.497 e. The van der Waals surface area contributed by atoms with Crippen LogP contribution in [0.1, 0.15) is 55.2 Å². The van der Waals surface area contributed by atoms with E-state index in [1.54, 1.807) is 25.3 Å². The average Bonchev–Trinajstić information content (AvgIpc) is 2.99. The molecule has 0 unspecified atom stereocenters. The van der Waals surface area contributed by atoms with Gasteiger partial charge in [0.2, 0.25) is 0 Å². The van der Waals surface area contributed by atoms with E-state index in [4.69, 9.17) is 18.9 Å². The molecule has 1 N–H and O–H groups in total. The van der Waals surface area contributed by atoms with Gasteiger partial charge in [-0.15, -0.1) is 0 Å². The van der Waals surface area contributed by atoms with Crippen LogP contribution in [0.2, 0.25) is 0 Å². The Kier molecular flexibility index (Phi) is 8.43. The van der Waals surface area contributed by atoms with Crippen LogP contribution in [0, 0.1) is 0 Å². The first kappa shape index (κ1) is 28.7. The number of dihydropyridines is 1. The van der Waals surface area contributed by atoms with E-state index in [-0.39, 0.29) is 30.5 Å². The van der Waals surface area contributed by atoms with E-state index in [0.29, 0.717) is 34.6 Å². The lowest BCUT2D eigenvalue weighted by Gasteiger charge is -2.37. The molecule has 0 radical (unpaired) electrons. The molecule has 3 aromatic rings. The predicted molar refractivity (Wildman–Crippen MR) is 156 cm³/mol. The number of carbonyl (C=O) groups excluding carboxylic acids is 3. The first-order valence-electron chi connectivity index (χ1n) is 13.7. The first-order chi connectivity index (χ1) is 20.3. The highest BCUT2D eigenvalue weighted by atomic mass is 16.6. The third-order valence-electron chi connectivity index (χ3n) is 7.62. The predicted octanol–water partition coefficient (Wildman–Crippen LogP) is 5.73. The van der Waals surface area contributed by atoms with Gasteiger partial charge in [-0.1, -0.05) is 48.5 Å². The van der Waals surface area contributed by atoms with Crippen LogP contribution < -0.4 is 19.5 Å². The van der Waals surface area contributed by atoms with Crippen LogP contribution in [-0.2, 0) is 25.7 Å². The summed E-state index contributed by atoms with van der Waals surface area (Å²) < 4.78 is 21.9. The lowest BCUT2D eigenvalue weighted by molar-refractivity contribution is -0.140. The Morgan fingerprint density at radius 3 is 2.26 bits per heavy atom. The van der Waals surface area contributed by atoms with Gasteiger partial charge in [-0.2, -0.15) is 0 Å². The van der Waals surface area contributed by atoms with Gasteiger partial charge in [0.25, 0.3) is 0 Å². The number of benzene rings is 3. The molecule has 1 heterocycles. The number of hydrogen-bond acceptors (Lipinski definition) is 8. The van der Waals surface area contributed by atoms with E-state index in [1.807, 2.05) is 61.5 Å². The van der Waals surface area contributed by atoms with E-state index < -0.39 is 17.9 Å². The molecular weight excluding hydrogens is 534 g/mol. The van der Waals surface area contributed by atoms with Crippen molar-refractivity contribution < 1.29 is 33.3 Å². The highest BCUT2D eigenvalue weighted by Crippen LogP contribution is 2.47. The molecule has 216 valence electrons. The van der Waals surface area contributed by atoms with E-state index in [0.717, 1.165) is 22.6 Å². The van der Waals surface area contributed by atoms with Crippen molar-refractivity contribution in [1.29, 1.82) is 0 Å². The van der Waals surface area contributed by atoms with Gasteiger partial charge in [-0.05, 0) is 60.2 Å². The van der Waals surface area contributed by atoms with Crippen molar-refractivity contribution in [1.82, 2.24) is 5.32 Å². The van der Waals surface area contributed by atoms with E-state index in [2.05, 4.69) is 5.32 Å². The Morgan fingerprint density at radius 1 is 0.881 bits per heavy atom. The Hall–Kier alpha value is -4.85. The van der Waals surface area contributed by atoms with Crippen molar-refractivity contribution >= 4 is 17.7 Å². The van der Waals surface area contributed by atoms with Gasteiger partial charge in [0.05, 0.1) is 19.8 Å². The van der Waals surface area contributed by atoms with Crippen LogP contribution in [-0.4, -0.2) is 31.9 Å². The SMILES string of the molecule is COc1ccc([C@@H]2CC(=O)C3=C(C2)NC(C)=C(C(=O)OCc2ccccc2)[C@H]3c2ccc(OC(C)=O)c(OC)c2)cc1. The zero-order valence-electron chi connectivity index (χ0n) is 24.1. The monoisotopic (exact) mass is 567 g/mol. The summed E-state index contributed by atoms with van der Waals surface area (Å²) in [6.45, 7) is 3.23. The summed E-state index contributed by atoms with van der Waals surface area (Å²) in [5, 5.41) is 3.38. The van der Waals surface area contributed by atoms with Gasteiger partial charge in [-0.25, -0.2) is 4.79 Å². The van der Waals surface area contributed by atoms with Crippen LogP contribution in [0.5, 0.6) is 17.2 Å². The van der Waals surface area contributed by atoms with Crippen molar-refractivity contribution in [3.05, 3.63) is 112 Å². The maximum atomic E-state index is 13.9. The second kappa shape index (κ2) is 12.3. The van der Waals surface area contributed by atoms with Gasteiger partial charge in [-0.3, -0.25) is 9.59 Å². The number of ether oxygens (including phenoxy) is 4. The summed E-state index contributed by atoms with van der Waals surface area (Å²) in [4.78, 5) is 39.3. The zero-order valence-corrected chi connectivity index (χ0v) is 24.1. The van der Waals surface area contributed by atoms with Crippen LogP contribution in [0.3, 0.4) is 0 Å². The summed E-state index contributed by atoms with van der Waals surface area (Å²) in [5.74, 6) is -0.476. The van der Waals surface area contributed by atoms with Gasteiger partial charge in [0.15, 0.2) is 17.3 Å². The minimum atomic E-state index is -0.700. The Morgan fingerprint density at radius 2 is 1.60 bits per heavy atom. The number of nitrogens with one attached hydrogen (secondary N) is 1. The lowest BCUT2D eigenvalue weighted by atomic mass is 9.71. The molecule has 1 aliphatic carbocycles. The molecule has 5 rings (SSSR count). The molecule has 3 aromatic carbocycles. The molecule has 0 spiro atoms. The summed E-state index contributed by atoms with van der Waals surface area (Å²) in [5.41, 5.74) is 4.81. The number of allylic oxidation sites excluding steroid dienone is 3. The van der Waals surface area contributed by atoms with Crippen LogP contribution in [0.4, 0.5) is 0 Å². The minimum Gasteiger partial charge on any atom is -0.497 e. The molecular formula is C34H33NO7. The van der Waals surface area contributed by atoms with E-state index in [9.17, 15) is 14.4 Å². The number of ketones is 1. The highest BCUT2D eigenvalue weighted by Gasteiger charge is 2.41. The Balaban J connectivity index is 1.54. The topological polar surface area (TPSA) is 100 Å². The molecule has 0 aromatic heterocycles. The van der Waals surface area contributed by atoms with Gasteiger partial charge in [0.1, 0.15) is 12.4 Å². The fraction of sp³-hybridized carbons (Fsp3) is 0.265. The molecule has 8 nitrogen and oxygen atoms in total. The molecule has 8 heteroatoms. The highest BCUT2D eigenvalue weighted by molar-refractivity contribution is 6.04. The summed E-state index contributed by atoms with van der Waals surface area (Å²) >= 11 is 0. The van der Waals surface area contributed by atoms with Gasteiger partial charge in [0, 0.05) is 36.2 Å². The number of Topliss-reactive ketones (excluding diaryl/α,β-unsaturated/α-hetero) is 1. The second-order valence-electron chi connectivity index (χ2n) is 10.4. The third kappa shape index (κ3) is 5.93. The Labute approximate surface area is 244 Å². The molecule has 2 atom stereocenters. The van der Waals surface area contributed by atoms with E-state index >= 15 is 0 Å². The van der Waals surface area contributed by atoms with Crippen LogP contribution >= 0.6 is 0 Å².